The monoisotopic (exact) mass is 690 g/mol. The molecule has 3 aliphatic rings. The molecule has 11 heteroatoms. The Morgan fingerprint density at radius 3 is 2.15 bits per heavy atom. The Hall–Kier alpha value is -3.90. The van der Waals surface area contributed by atoms with Crippen LogP contribution in [0.5, 0.6) is 11.5 Å². The van der Waals surface area contributed by atoms with Crippen molar-refractivity contribution in [1.82, 2.24) is 0 Å². The Labute approximate surface area is 277 Å². The number of nitrogens with zero attached hydrogens (tertiary/aromatic N) is 1. The van der Waals surface area contributed by atoms with Crippen LogP contribution in [0, 0.1) is 17.5 Å². The van der Waals surface area contributed by atoms with Gasteiger partial charge in [0.15, 0.2) is 11.6 Å². The van der Waals surface area contributed by atoms with Crippen molar-refractivity contribution < 1.29 is 30.9 Å². The van der Waals surface area contributed by atoms with Crippen molar-refractivity contribution in [1.29, 1.82) is 0 Å². The SMILES string of the molecule is CC1=c2cc3c(cc2-c2sccc2C1(C)C)=C(c1c(F)c(F)cc(F)c1S(=O)(=O)[O-])c1cc2c(cc1O3)N(C)C(C)(C)c1ccsc1-2. The van der Waals surface area contributed by atoms with Crippen molar-refractivity contribution in [3.8, 4) is 32.4 Å². The summed E-state index contributed by atoms with van der Waals surface area (Å²) in [7, 11) is -3.67. The Morgan fingerprint density at radius 2 is 1.47 bits per heavy atom. The third-order valence-electron chi connectivity index (χ3n) is 10.3. The van der Waals surface area contributed by atoms with E-state index in [1.54, 1.807) is 18.2 Å². The van der Waals surface area contributed by atoms with Crippen LogP contribution in [0.15, 0.2) is 58.1 Å². The third-order valence-corrected chi connectivity index (χ3v) is 13.1. The van der Waals surface area contributed by atoms with E-state index < -0.39 is 43.6 Å². The first-order chi connectivity index (χ1) is 22.0. The Kier molecular flexibility index (Phi) is 6.21. The van der Waals surface area contributed by atoms with Crippen molar-refractivity contribution in [2.75, 3.05) is 11.9 Å². The summed E-state index contributed by atoms with van der Waals surface area (Å²) in [4.78, 5) is 2.55. The predicted octanol–water partition coefficient (Wildman–Crippen LogP) is 7.96. The molecule has 2 aromatic heterocycles. The molecular weight excluding hydrogens is 664 g/mol. The summed E-state index contributed by atoms with van der Waals surface area (Å²) in [5.74, 6) is -4.44. The number of benzene rings is 3. The number of hydrogen-bond acceptors (Lipinski definition) is 7. The number of thiophene rings is 2. The van der Waals surface area contributed by atoms with Crippen molar-refractivity contribution in [3.05, 3.63) is 103 Å². The first-order valence-corrected chi connectivity index (χ1v) is 18.0. The van der Waals surface area contributed by atoms with Gasteiger partial charge in [0.2, 0.25) is 0 Å². The molecule has 0 saturated heterocycles. The summed E-state index contributed by atoms with van der Waals surface area (Å²) in [6, 6.07) is 11.3. The first-order valence-electron chi connectivity index (χ1n) is 14.8. The molecule has 4 heterocycles. The van der Waals surface area contributed by atoms with Gasteiger partial charge < -0.3 is 14.2 Å². The lowest BCUT2D eigenvalue weighted by atomic mass is 9.73. The first kappa shape index (κ1) is 30.4. The maximum atomic E-state index is 16.1. The summed E-state index contributed by atoms with van der Waals surface area (Å²) in [5, 5.41) is 5.05. The van der Waals surface area contributed by atoms with Crippen LogP contribution in [0.1, 0.15) is 56.9 Å². The topological polar surface area (TPSA) is 69.7 Å². The zero-order valence-electron chi connectivity index (χ0n) is 26.1. The summed E-state index contributed by atoms with van der Waals surface area (Å²) in [6.45, 7) is 10.5. The van der Waals surface area contributed by atoms with Crippen molar-refractivity contribution in [2.45, 2.75) is 50.5 Å². The van der Waals surface area contributed by atoms with Gasteiger partial charge in [-0.05, 0) is 78.2 Å². The van der Waals surface area contributed by atoms with Gasteiger partial charge in [0.05, 0.1) is 5.54 Å². The Morgan fingerprint density at radius 1 is 0.809 bits per heavy atom. The van der Waals surface area contributed by atoms with Gasteiger partial charge in [-0.25, -0.2) is 21.6 Å². The molecule has 5 nitrogen and oxygen atoms in total. The lowest BCUT2D eigenvalue weighted by Crippen LogP contribution is -2.41. The van der Waals surface area contributed by atoms with E-state index in [-0.39, 0.29) is 39.3 Å². The largest absolute Gasteiger partial charge is 0.744 e. The van der Waals surface area contributed by atoms with Crippen LogP contribution in [0.25, 0.3) is 32.0 Å². The van der Waals surface area contributed by atoms with Crippen LogP contribution in [-0.4, -0.2) is 20.0 Å². The molecular formula is C36H27F3NO4S3-. The van der Waals surface area contributed by atoms with E-state index in [1.807, 2.05) is 36.9 Å². The van der Waals surface area contributed by atoms with Gasteiger partial charge in [-0.2, -0.15) is 0 Å². The van der Waals surface area contributed by atoms with Crippen molar-refractivity contribution in [2.24, 2.45) is 0 Å². The van der Waals surface area contributed by atoms with Gasteiger partial charge in [-0.3, -0.25) is 0 Å². The highest BCUT2D eigenvalue weighted by molar-refractivity contribution is 7.85. The third kappa shape index (κ3) is 4.00. The normalized spacial score (nSPS) is 16.9. The summed E-state index contributed by atoms with van der Waals surface area (Å²) in [6.07, 6.45) is 0. The number of halogens is 3. The second-order valence-corrected chi connectivity index (χ2v) is 16.4. The number of hydrogen-bond donors (Lipinski definition) is 0. The molecule has 5 aromatic rings. The lowest BCUT2D eigenvalue weighted by Gasteiger charge is -2.43. The zero-order valence-corrected chi connectivity index (χ0v) is 28.6. The summed E-state index contributed by atoms with van der Waals surface area (Å²) in [5.41, 5.74) is 3.95. The smallest absolute Gasteiger partial charge is 0.168 e. The van der Waals surface area contributed by atoms with Gasteiger partial charge in [-0.1, -0.05) is 19.4 Å². The standard InChI is InChI=1S/C36H28F3NO4S3/c1-16-17-13-27-20(11-18(17)32-22(7-9-45-32)35(16,2)3)29(30-31(39)24(37)14-25(38)34(30)47(41,42)43)21-12-19-26(15-28(21)44-27)40(6)36(4,5)23-8-10-46-33(19)23/h7-15H,1-6H3,(H,41,42,43)/p-1. The van der Waals surface area contributed by atoms with Gasteiger partial charge in [0.25, 0.3) is 0 Å². The number of ether oxygens (including phenoxy) is 1. The molecule has 0 saturated carbocycles. The fourth-order valence-corrected chi connectivity index (χ4v) is 10.2. The predicted molar refractivity (Wildman–Crippen MR) is 178 cm³/mol. The number of fused-ring (bicyclic) bond motifs is 8. The van der Waals surface area contributed by atoms with Gasteiger partial charge >= 0.3 is 0 Å². The van der Waals surface area contributed by atoms with Crippen LogP contribution >= 0.6 is 22.7 Å². The van der Waals surface area contributed by atoms with Crippen LogP contribution in [0.4, 0.5) is 18.9 Å². The molecule has 0 bridgehead atoms. The molecule has 8 rings (SSSR count). The minimum Gasteiger partial charge on any atom is -0.744 e. The highest BCUT2D eigenvalue weighted by Crippen LogP contribution is 2.53. The molecule has 0 N–H and O–H groups in total. The fourth-order valence-electron chi connectivity index (χ4n) is 7.28. The average molecular weight is 691 g/mol. The molecule has 0 spiro atoms. The van der Waals surface area contributed by atoms with E-state index >= 15 is 13.2 Å². The second kappa shape index (κ2) is 9.59. The highest BCUT2D eigenvalue weighted by Gasteiger charge is 2.39. The van der Waals surface area contributed by atoms with E-state index in [9.17, 15) is 13.0 Å². The van der Waals surface area contributed by atoms with Crippen LogP contribution in [0.3, 0.4) is 0 Å². The zero-order chi connectivity index (χ0) is 33.5. The van der Waals surface area contributed by atoms with E-state index in [0.29, 0.717) is 0 Å². The average Bonchev–Trinajstić information content (AvgIpc) is 3.70. The van der Waals surface area contributed by atoms with Crippen LogP contribution in [-0.2, 0) is 21.1 Å². The van der Waals surface area contributed by atoms with E-state index in [2.05, 4.69) is 38.7 Å². The van der Waals surface area contributed by atoms with E-state index in [1.165, 1.54) is 22.7 Å². The van der Waals surface area contributed by atoms with Crippen molar-refractivity contribution in [3.63, 3.8) is 0 Å². The van der Waals surface area contributed by atoms with Crippen LogP contribution < -0.4 is 20.1 Å². The lowest BCUT2D eigenvalue weighted by molar-refractivity contribution is 0.442. The molecule has 0 atom stereocenters. The molecule has 0 radical (unpaired) electrons. The highest BCUT2D eigenvalue weighted by atomic mass is 32.2. The molecule has 0 unspecified atom stereocenters. The number of rotatable bonds is 2. The summed E-state index contributed by atoms with van der Waals surface area (Å²) >= 11 is 3.04. The van der Waals surface area contributed by atoms with E-state index in [4.69, 9.17) is 4.74 Å². The summed E-state index contributed by atoms with van der Waals surface area (Å²) < 4.78 is 91.0. The minimum absolute atomic E-state index is 0.0956. The van der Waals surface area contributed by atoms with Crippen molar-refractivity contribution >= 4 is 49.6 Å². The Balaban J connectivity index is 1.58. The Bertz CT molecular complexity index is 2490. The molecule has 0 fully saturated rings. The molecule has 3 aromatic carbocycles. The second-order valence-electron chi connectivity index (χ2n) is 13.2. The van der Waals surface area contributed by atoms with Crippen LogP contribution in [0.2, 0.25) is 0 Å². The maximum absolute atomic E-state index is 16.1. The molecule has 0 amide bonds. The maximum Gasteiger partial charge on any atom is 0.168 e. The van der Waals surface area contributed by atoms with E-state index in [0.717, 1.165) is 48.5 Å². The molecule has 1 aliphatic carbocycles. The van der Waals surface area contributed by atoms with Gasteiger partial charge in [0, 0.05) is 73.1 Å². The molecule has 2 aliphatic heterocycles. The van der Waals surface area contributed by atoms with Gasteiger partial charge in [0.1, 0.15) is 32.3 Å². The fraction of sp³-hybridized carbons (Fsp3) is 0.222. The minimum atomic E-state index is -5.62. The number of anilines is 1. The van der Waals surface area contributed by atoms with Gasteiger partial charge in [-0.15, -0.1) is 22.7 Å². The molecule has 240 valence electrons. The quantitative estimate of drug-likeness (QED) is 0.136. The molecule has 47 heavy (non-hydrogen) atoms.